The highest BCUT2D eigenvalue weighted by atomic mass is 79.9. The molecule has 0 spiro atoms. The van der Waals surface area contributed by atoms with Crippen molar-refractivity contribution in [1.82, 2.24) is 5.32 Å². The van der Waals surface area contributed by atoms with Gasteiger partial charge < -0.3 is 5.32 Å². The van der Waals surface area contributed by atoms with Crippen molar-refractivity contribution in [3.05, 3.63) is 33.3 Å². The van der Waals surface area contributed by atoms with Crippen molar-refractivity contribution in [3.8, 4) is 0 Å². The molecule has 0 saturated heterocycles. The third-order valence-corrected chi connectivity index (χ3v) is 5.80. The van der Waals surface area contributed by atoms with E-state index in [-0.39, 0.29) is 0 Å². The summed E-state index contributed by atoms with van der Waals surface area (Å²) in [7, 11) is 0. The van der Waals surface area contributed by atoms with E-state index < -0.39 is 0 Å². The van der Waals surface area contributed by atoms with Gasteiger partial charge in [-0.1, -0.05) is 66.7 Å². The second-order valence-electron chi connectivity index (χ2n) is 6.29. The van der Waals surface area contributed by atoms with Crippen LogP contribution in [0.25, 0.3) is 0 Å². The molecule has 0 bridgehead atoms. The van der Waals surface area contributed by atoms with E-state index in [0.717, 1.165) is 34.3 Å². The molecule has 1 unspecified atom stereocenters. The zero-order valence-corrected chi connectivity index (χ0v) is 15.5. The molecule has 3 heteroatoms. The van der Waals surface area contributed by atoms with Crippen LogP contribution in [0.1, 0.15) is 51.5 Å². The van der Waals surface area contributed by atoms with E-state index in [1.807, 2.05) is 6.07 Å². The van der Waals surface area contributed by atoms with Gasteiger partial charge in [0.15, 0.2) is 0 Å². The van der Waals surface area contributed by atoms with Gasteiger partial charge in [-0.3, -0.25) is 0 Å². The molecule has 1 atom stereocenters. The molecule has 0 radical (unpaired) electrons. The Morgan fingerprint density at radius 2 is 1.95 bits per heavy atom. The van der Waals surface area contributed by atoms with Crippen molar-refractivity contribution in [2.24, 2.45) is 11.8 Å². The molecule has 1 aliphatic carbocycles. The second kappa shape index (κ2) is 8.55. The van der Waals surface area contributed by atoms with Crippen molar-refractivity contribution in [1.29, 1.82) is 0 Å². The van der Waals surface area contributed by atoms with Gasteiger partial charge in [0.1, 0.15) is 0 Å². The average molecular weight is 373 g/mol. The van der Waals surface area contributed by atoms with Crippen LogP contribution in [0, 0.1) is 11.8 Å². The fourth-order valence-corrected chi connectivity index (χ4v) is 4.34. The molecule has 1 aliphatic rings. The van der Waals surface area contributed by atoms with Crippen LogP contribution in [-0.4, -0.2) is 12.6 Å². The van der Waals surface area contributed by atoms with Crippen LogP contribution in [-0.2, 0) is 6.42 Å². The Labute approximate surface area is 143 Å². The van der Waals surface area contributed by atoms with Gasteiger partial charge in [0, 0.05) is 15.5 Å². The van der Waals surface area contributed by atoms with Gasteiger partial charge in [0.25, 0.3) is 0 Å². The van der Waals surface area contributed by atoms with Gasteiger partial charge in [-0.05, 0) is 55.3 Å². The zero-order valence-electron chi connectivity index (χ0n) is 13.2. The van der Waals surface area contributed by atoms with Crippen molar-refractivity contribution >= 4 is 27.5 Å². The number of halogens is 2. The summed E-state index contributed by atoms with van der Waals surface area (Å²) < 4.78 is 1.06. The molecular weight excluding hydrogens is 346 g/mol. The number of rotatable bonds is 6. The first-order valence-corrected chi connectivity index (χ1v) is 9.48. The maximum Gasteiger partial charge on any atom is 0.0449 e. The molecule has 0 aromatic heterocycles. The number of nitrogens with one attached hydrogen (secondary N) is 1. The van der Waals surface area contributed by atoms with E-state index in [2.05, 4.69) is 47.2 Å². The van der Waals surface area contributed by atoms with E-state index >= 15 is 0 Å². The minimum atomic E-state index is 0.562. The first-order chi connectivity index (χ1) is 10.1. The molecule has 2 rings (SSSR count). The Morgan fingerprint density at radius 1 is 1.24 bits per heavy atom. The highest BCUT2D eigenvalue weighted by Crippen LogP contribution is 2.34. The van der Waals surface area contributed by atoms with Gasteiger partial charge >= 0.3 is 0 Å². The summed E-state index contributed by atoms with van der Waals surface area (Å²) in [6.07, 6.45) is 7.92. The molecule has 1 N–H and O–H groups in total. The van der Waals surface area contributed by atoms with Crippen molar-refractivity contribution in [2.75, 3.05) is 6.54 Å². The van der Waals surface area contributed by atoms with Crippen LogP contribution in [0.2, 0.25) is 5.02 Å². The van der Waals surface area contributed by atoms with Gasteiger partial charge in [-0.15, -0.1) is 0 Å². The van der Waals surface area contributed by atoms with Gasteiger partial charge in [0.2, 0.25) is 0 Å². The number of likely N-dealkylation sites (N-methyl/N-ethyl adjacent to an activating group) is 1. The molecule has 0 heterocycles. The van der Waals surface area contributed by atoms with Gasteiger partial charge in [0.05, 0.1) is 0 Å². The number of hydrogen-bond acceptors (Lipinski definition) is 1. The standard InChI is InChI=1S/C18H27BrClN/c1-3-13-5-7-14(8-6-13)18(21-4-2)11-15-9-10-16(19)12-17(15)20/h9-10,12-14,18,21H,3-8,11H2,1-2H3. The summed E-state index contributed by atoms with van der Waals surface area (Å²) in [4.78, 5) is 0. The lowest BCUT2D eigenvalue weighted by Gasteiger charge is -2.34. The number of hydrogen-bond donors (Lipinski definition) is 1. The monoisotopic (exact) mass is 371 g/mol. The summed E-state index contributed by atoms with van der Waals surface area (Å²) in [5.74, 6) is 1.76. The Morgan fingerprint density at radius 3 is 2.52 bits per heavy atom. The molecule has 1 nitrogen and oxygen atoms in total. The SMILES string of the molecule is CCNC(Cc1ccc(Br)cc1Cl)C1CCC(CC)CC1. The average Bonchev–Trinajstić information content (AvgIpc) is 2.49. The Kier molecular flexibility index (Phi) is 7.04. The highest BCUT2D eigenvalue weighted by Gasteiger charge is 2.27. The van der Waals surface area contributed by atoms with Crippen LogP contribution in [0.15, 0.2) is 22.7 Å². The molecule has 1 aromatic rings. The van der Waals surface area contributed by atoms with E-state index in [0.29, 0.717) is 6.04 Å². The quantitative estimate of drug-likeness (QED) is 0.661. The maximum absolute atomic E-state index is 6.40. The lowest BCUT2D eigenvalue weighted by molar-refractivity contribution is 0.218. The molecule has 0 amide bonds. The van der Waals surface area contributed by atoms with Crippen LogP contribution in [0.3, 0.4) is 0 Å². The first kappa shape index (κ1) is 17.3. The molecule has 1 fully saturated rings. The van der Waals surface area contributed by atoms with E-state index in [1.165, 1.54) is 37.7 Å². The Hall–Kier alpha value is -0.0500. The topological polar surface area (TPSA) is 12.0 Å². The number of benzene rings is 1. The molecular formula is C18H27BrClN. The summed E-state index contributed by atoms with van der Waals surface area (Å²) in [6.45, 7) is 5.56. The normalized spacial score (nSPS) is 24.0. The predicted octanol–water partition coefficient (Wildman–Crippen LogP) is 5.84. The fourth-order valence-electron chi connectivity index (χ4n) is 3.59. The van der Waals surface area contributed by atoms with E-state index in [1.54, 1.807) is 0 Å². The summed E-state index contributed by atoms with van der Waals surface area (Å²) in [5.41, 5.74) is 1.27. The molecule has 21 heavy (non-hydrogen) atoms. The van der Waals surface area contributed by atoms with Crippen LogP contribution in [0.4, 0.5) is 0 Å². The summed E-state index contributed by atoms with van der Waals surface area (Å²) >= 11 is 9.88. The minimum absolute atomic E-state index is 0.562. The van der Waals surface area contributed by atoms with Gasteiger partial charge in [-0.2, -0.15) is 0 Å². The van der Waals surface area contributed by atoms with Crippen molar-refractivity contribution < 1.29 is 0 Å². The van der Waals surface area contributed by atoms with E-state index in [4.69, 9.17) is 11.6 Å². The molecule has 118 valence electrons. The lowest BCUT2D eigenvalue weighted by atomic mass is 9.76. The van der Waals surface area contributed by atoms with Gasteiger partial charge in [-0.25, -0.2) is 0 Å². The molecule has 1 saturated carbocycles. The van der Waals surface area contributed by atoms with E-state index in [9.17, 15) is 0 Å². The largest absolute Gasteiger partial charge is 0.314 e. The summed E-state index contributed by atoms with van der Waals surface area (Å²) in [6, 6.07) is 6.83. The first-order valence-electron chi connectivity index (χ1n) is 8.31. The molecule has 1 aromatic carbocycles. The molecule has 0 aliphatic heterocycles. The zero-order chi connectivity index (χ0) is 15.2. The van der Waals surface area contributed by atoms with Crippen molar-refractivity contribution in [3.63, 3.8) is 0 Å². The lowest BCUT2D eigenvalue weighted by Crippen LogP contribution is -2.39. The van der Waals surface area contributed by atoms with Crippen LogP contribution < -0.4 is 5.32 Å². The maximum atomic E-state index is 6.40. The van der Waals surface area contributed by atoms with Crippen molar-refractivity contribution in [2.45, 2.75) is 58.4 Å². The summed E-state index contributed by atoms with van der Waals surface area (Å²) in [5, 5.41) is 4.59. The Balaban J connectivity index is 2.02. The van der Waals surface area contributed by atoms with Crippen LogP contribution >= 0.6 is 27.5 Å². The van der Waals surface area contributed by atoms with Crippen LogP contribution in [0.5, 0.6) is 0 Å². The second-order valence-corrected chi connectivity index (χ2v) is 7.62. The fraction of sp³-hybridized carbons (Fsp3) is 0.667. The smallest absolute Gasteiger partial charge is 0.0449 e. The minimum Gasteiger partial charge on any atom is -0.314 e. The Bertz CT molecular complexity index is 441. The predicted molar refractivity (Wildman–Crippen MR) is 96.1 cm³/mol. The third-order valence-electron chi connectivity index (χ3n) is 4.96. The third kappa shape index (κ3) is 4.97. The highest BCUT2D eigenvalue weighted by molar-refractivity contribution is 9.10.